The maximum Gasteiger partial charge on any atom is 0.251 e. The van der Waals surface area contributed by atoms with Crippen molar-refractivity contribution >= 4 is 23.2 Å². The van der Waals surface area contributed by atoms with Crippen LogP contribution in [0.25, 0.3) is 0 Å². The van der Waals surface area contributed by atoms with Gasteiger partial charge in [0.25, 0.3) is 5.91 Å². The molecule has 6 nitrogen and oxygen atoms in total. The third-order valence-corrected chi connectivity index (χ3v) is 5.22. The van der Waals surface area contributed by atoms with Gasteiger partial charge in [0.1, 0.15) is 17.4 Å². The van der Waals surface area contributed by atoms with Crippen molar-refractivity contribution in [3.8, 4) is 6.07 Å². The van der Waals surface area contributed by atoms with E-state index in [-0.39, 0.29) is 23.3 Å². The van der Waals surface area contributed by atoms with Gasteiger partial charge in [-0.15, -0.1) is 0 Å². The van der Waals surface area contributed by atoms with Crippen LogP contribution in [0.2, 0.25) is 0 Å². The minimum absolute atomic E-state index is 0.0137. The largest absolute Gasteiger partial charge is 0.382 e. The fourth-order valence-corrected chi connectivity index (χ4v) is 3.61. The summed E-state index contributed by atoms with van der Waals surface area (Å²) in [5.74, 6) is -0.799. The Hall–Kier alpha value is -3.40. The van der Waals surface area contributed by atoms with Crippen molar-refractivity contribution in [1.82, 2.24) is 5.32 Å². The molecule has 0 unspecified atom stereocenters. The molecule has 0 bridgehead atoms. The van der Waals surface area contributed by atoms with Gasteiger partial charge in [-0.2, -0.15) is 5.26 Å². The van der Waals surface area contributed by atoms with Crippen LogP contribution in [0.3, 0.4) is 0 Å². The number of anilines is 2. The summed E-state index contributed by atoms with van der Waals surface area (Å²) in [6.07, 6.45) is 5.18. The highest BCUT2D eigenvalue weighted by atomic mass is 19.1. The molecule has 1 aliphatic carbocycles. The molecule has 0 atom stereocenters. The van der Waals surface area contributed by atoms with Crippen LogP contribution in [0, 0.1) is 23.1 Å². The molecule has 30 heavy (non-hydrogen) atoms. The Morgan fingerprint density at radius 1 is 1.07 bits per heavy atom. The number of carbonyl (C=O) groups is 2. The molecule has 2 amide bonds. The van der Waals surface area contributed by atoms with Gasteiger partial charge in [-0.25, -0.2) is 4.39 Å². The number of carbonyl (C=O) groups excluding carboxylic acids is 2. The van der Waals surface area contributed by atoms with Crippen LogP contribution in [0.4, 0.5) is 15.8 Å². The van der Waals surface area contributed by atoms with Crippen molar-refractivity contribution in [3.05, 3.63) is 59.4 Å². The van der Waals surface area contributed by atoms with Gasteiger partial charge in [0.15, 0.2) is 0 Å². The standard InChI is InChI=1S/C23H25FN4O2/c24-20-10-5-11-21(19(20)15-25)26-12-13-27-22(29)17-8-4-9-18(14-17)28-23(30)16-6-2-1-3-7-16/h4-5,8-11,14,16,26H,1-3,6-7,12-13H2,(H,27,29)(H,28,30). The second-order valence-electron chi connectivity index (χ2n) is 7.36. The summed E-state index contributed by atoms with van der Waals surface area (Å²) in [7, 11) is 0. The molecule has 7 heteroatoms. The SMILES string of the molecule is N#Cc1c(F)cccc1NCCNC(=O)c1cccc(NC(=O)C2CCCCC2)c1. The highest BCUT2D eigenvalue weighted by molar-refractivity contribution is 5.97. The maximum atomic E-state index is 13.6. The summed E-state index contributed by atoms with van der Waals surface area (Å²) >= 11 is 0. The zero-order chi connectivity index (χ0) is 21.3. The molecule has 1 fully saturated rings. The molecular weight excluding hydrogens is 383 g/mol. The second-order valence-corrected chi connectivity index (χ2v) is 7.36. The Morgan fingerprint density at radius 3 is 2.60 bits per heavy atom. The molecule has 0 saturated heterocycles. The van der Waals surface area contributed by atoms with E-state index < -0.39 is 5.82 Å². The normalized spacial score (nSPS) is 13.9. The minimum atomic E-state index is -0.585. The van der Waals surface area contributed by atoms with E-state index in [0.717, 1.165) is 25.7 Å². The molecule has 1 aliphatic rings. The van der Waals surface area contributed by atoms with Gasteiger partial charge >= 0.3 is 0 Å². The van der Waals surface area contributed by atoms with E-state index in [4.69, 9.17) is 5.26 Å². The molecular formula is C23H25FN4O2. The van der Waals surface area contributed by atoms with Crippen molar-refractivity contribution in [2.75, 3.05) is 23.7 Å². The summed E-state index contributed by atoms with van der Waals surface area (Å²) < 4.78 is 13.6. The van der Waals surface area contributed by atoms with Gasteiger partial charge < -0.3 is 16.0 Å². The zero-order valence-corrected chi connectivity index (χ0v) is 16.7. The molecule has 0 aromatic heterocycles. The second kappa shape index (κ2) is 10.4. The van der Waals surface area contributed by atoms with Gasteiger partial charge in [-0.05, 0) is 43.2 Å². The number of rotatable bonds is 7. The molecule has 2 aromatic rings. The first-order chi connectivity index (χ1) is 14.6. The van der Waals surface area contributed by atoms with Crippen molar-refractivity contribution in [2.45, 2.75) is 32.1 Å². The number of nitrogens with zero attached hydrogens (tertiary/aromatic N) is 1. The number of hydrogen-bond donors (Lipinski definition) is 3. The molecule has 0 aliphatic heterocycles. The number of hydrogen-bond acceptors (Lipinski definition) is 4. The lowest BCUT2D eigenvalue weighted by atomic mass is 9.88. The molecule has 3 rings (SSSR count). The topological polar surface area (TPSA) is 94.0 Å². The van der Waals surface area contributed by atoms with Gasteiger partial charge in [0.2, 0.25) is 5.91 Å². The van der Waals surface area contributed by atoms with Crippen molar-refractivity contribution in [3.63, 3.8) is 0 Å². The molecule has 156 valence electrons. The van der Waals surface area contributed by atoms with Gasteiger partial charge in [-0.1, -0.05) is 31.4 Å². The van der Waals surface area contributed by atoms with Crippen molar-refractivity contribution in [1.29, 1.82) is 5.26 Å². The van der Waals surface area contributed by atoms with Crippen LogP contribution in [-0.4, -0.2) is 24.9 Å². The number of halogens is 1. The van der Waals surface area contributed by atoms with Gasteiger partial charge in [0, 0.05) is 30.3 Å². The fourth-order valence-electron chi connectivity index (χ4n) is 3.61. The highest BCUT2D eigenvalue weighted by Gasteiger charge is 2.21. The Balaban J connectivity index is 1.50. The first-order valence-electron chi connectivity index (χ1n) is 10.2. The van der Waals surface area contributed by atoms with E-state index in [0.29, 0.717) is 30.0 Å². The molecule has 0 spiro atoms. The van der Waals surface area contributed by atoms with E-state index in [1.807, 2.05) is 6.07 Å². The highest BCUT2D eigenvalue weighted by Crippen LogP contribution is 2.25. The monoisotopic (exact) mass is 408 g/mol. The van der Waals surface area contributed by atoms with E-state index in [2.05, 4.69) is 16.0 Å². The lowest BCUT2D eigenvalue weighted by Gasteiger charge is -2.20. The summed E-state index contributed by atoms with van der Waals surface area (Å²) in [5.41, 5.74) is 1.39. The summed E-state index contributed by atoms with van der Waals surface area (Å²) in [4.78, 5) is 24.8. The quantitative estimate of drug-likeness (QED) is 0.602. The van der Waals surface area contributed by atoms with Crippen LogP contribution in [0.5, 0.6) is 0 Å². The van der Waals surface area contributed by atoms with Crippen molar-refractivity contribution in [2.24, 2.45) is 5.92 Å². The van der Waals surface area contributed by atoms with Gasteiger partial charge in [-0.3, -0.25) is 9.59 Å². The average molecular weight is 408 g/mol. The Bertz CT molecular complexity index is 948. The van der Waals surface area contributed by atoms with E-state index in [1.165, 1.54) is 18.6 Å². The molecule has 0 radical (unpaired) electrons. The van der Waals surface area contributed by atoms with Crippen LogP contribution in [-0.2, 0) is 4.79 Å². The van der Waals surface area contributed by atoms with Crippen LogP contribution < -0.4 is 16.0 Å². The Morgan fingerprint density at radius 2 is 1.83 bits per heavy atom. The summed E-state index contributed by atoms with van der Waals surface area (Å²) in [5, 5.41) is 17.7. The first-order valence-corrected chi connectivity index (χ1v) is 10.2. The maximum absolute atomic E-state index is 13.6. The van der Waals surface area contributed by atoms with E-state index in [9.17, 15) is 14.0 Å². The van der Waals surface area contributed by atoms with E-state index in [1.54, 1.807) is 30.3 Å². The first kappa shape index (κ1) is 21.3. The van der Waals surface area contributed by atoms with Crippen LogP contribution in [0.15, 0.2) is 42.5 Å². The number of nitrogens with one attached hydrogen (secondary N) is 3. The lowest BCUT2D eigenvalue weighted by molar-refractivity contribution is -0.120. The molecule has 1 saturated carbocycles. The van der Waals surface area contributed by atoms with E-state index >= 15 is 0 Å². The van der Waals surface area contributed by atoms with Gasteiger partial charge in [0.05, 0.1) is 5.69 Å². The fraction of sp³-hybridized carbons (Fsp3) is 0.348. The third kappa shape index (κ3) is 5.57. The Kier molecular flexibility index (Phi) is 7.39. The number of benzene rings is 2. The molecule has 3 N–H and O–H groups in total. The summed E-state index contributed by atoms with van der Waals surface area (Å²) in [6, 6.07) is 13.0. The molecule has 2 aromatic carbocycles. The number of nitriles is 1. The summed E-state index contributed by atoms with van der Waals surface area (Å²) in [6.45, 7) is 0.626. The molecule has 0 heterocycles. The van der Waals surface area contributed by atoms with Crippen molar-refractivity contribution < 1.29 is 14.0 Å². The predicted molar refractivity (Wildman–Crippen MR) is 114 cm³/mol. The number of amides is 2. The predicted octanol–water partition coefficient (Wildman–Crippen LogP) is 4.06. The van der Waals surface area contributed by atoms with Crippen LogP contribution in [0.1, 0.15) is 48.0 Å². The third-order valence-electron chi connectivity index (χ3n) is 5.22. The van der Waals surface area contributed by atoms with Crippen LogP contribution >= 0.6 is 0 Å². The minimum Gasteiger partial charge on any atom is -0.382 e. The average Bonchev–Trinajstić information content (AvgIpc) is 2.77. The lowest BCUT2D eigenvalue weighted by Crippen LogP contribution is -2.29. The zero-order valence-electron chi connectivity index (χ0n) is 16.7. The smallest absolute Gasteiger partial charge is 0.251 e. The Labute approximate surface area is 175 Å².